The second-order valence-corrected chi connectivity index (χ2v) is 7.27. The van der Waals surface area contributed by atoms with Crippen LogP contribution in [0.25, 0.3) is 0 Å². The van der Waals surface area contributed by atoms with Crippen molar-refractivity contribution in [3.05, 3.63) is 12.2 Å². The van der Waals surface area contributed by atoms with Crippen molar-refractivity contribution in [2.24, 2.45) is 0 Å². The number of alkyl halides is 25. The van der Waals surface area contributed by atoms with E-state index in [0.717, 1.165) is 0 Å². The first-order chi connectivity index (χ1) is 17.2. The van der Waals surface area contributed by atoms with Gasteiger partial charge in [-0.1, -0.05) is 0 Å². The van der Waals surface area contributed by atoms with Gasteiger partial charge in [-0.25, -0.2) is 8.78 Å². The molecule has 0 fully saturated rings. The summed E-state index contributed by atoms with van der Waals surface area (Å²) in [6.07, 6.45) is -10.7. The lowest BCUT2D eigenvalue weighted by Crippen LogP contribution is -2.78. The van der Waals surface area contributed by atoms with Crippen LogP contribution in [0.2, 0.25) is 0 Å². The zero-order valence-electron chi connectivity index (χ0n) is 17.3. The van der Waals surface area contributed by atoms with Crippen LogP contribution in [-0.4, -0.2) is 71.3 Å². The highest BCUT2D eigenvalue weighted by atomic mass is 19.4. The summed E-state index contributed by atoms with van der Waals surface area (Å²) in [5, 5.41) is 0. The van der Waals surface area contributed by atoms with Gasteiger partial charge in [-0.2, -0.15) is 110 Å². The summed E-state index contributed by atoms with van der Waals surface area (Å²) >= 11 is 0. The number of allylic oxidation sites excluding steroid dienone is 1. The summed E-state index contributed by atoms with van der Waals surface area (Å²) in [5.74, 6) is -106. The van der Waals surface area contributed by atoms with Crippen LogP contribution in [0.5, 0.6) is 0 Å². The minimum absolute atomic E-state index is 2.50. The van der Waals surface area contributed by atoms with Gasteiger partial charge in [0.25, 0.3) is 0 Å². The van der Waals surface area contributed by atoms with Crippen LogP contribution in [0.4, 0.5) is 119 Å². The molecule has 0 saturated heterocycles. The molecular weight excluding hydrogens is 681 g/mol. The Kier molecular flexibility index (Phi) is 8.93. The van der Waals surface area contributed by atoms with Crippen LogP contribution in [0.1, 0.15) is 0 Å². The largest absolute Gasteiger partial charge is 0.460 e. The molecule has 0 saturated carbocycles. The third kappa shape index (κ3) is 4.42. The Morgan fingerprint density at radius 1 is 0.293 bits per heavy atom. The molecule has 0 aromatic rings. The zero-order valence-corrected chi connectivity index (χ0v) is 17.3. The molecule has 246 valence electrons. The molecule has 0 aromatic carbocycles. The summed E-state index contributed by atoms with van der Waals surface area (Å²) in [6, 6.07) is 0. The van der Waals surface area contributed by atoms with E-state index < -0.39 is 83.5 Å². The van der Waals surface area contributed by atoms with Crippen LogP contribution in [0.3, 0.4) is 0 Å². The molecule has 0 radical (unpaired) electrons. The van der Waals surface area contributed by atoms with Gasteiger partial charge in [0.1, 0.15) is 6.33 Å². The second kappa shape index (κ2) is 9.42. The van der Waals surface area contributed by atoms with E-state index in [-0.39, 0.29) is 0 Å². The molecule has 0 N–H and O–H groups in total. The molecule has 0 aliphatic carbocycles. The molecule has 0 atom stereocenters. The minimum Gasteiger partial charge on any atom is -0.212 e. The summed E-state index contributed by atoms with van der Waals surface area (Å²) in [7, 11) is 0. The van der Waals surface area contributed by atoms with E-state index >= 15 is 0 Å². The molecule has 0 aliphatic heterocycles. The first kappa shape index (κ1) is 38.9. The molecular formula is C14HF27. The highest BCUT2D eigenvalue weighted by Crippen LogP contribution is 2.68. The SMILES string of the molecule is FC=C(F)C(F)(F)C(F)(F)C(F)(F)C(F)(F)C(F)(F)C(F)(F)C(F)(F)C(F)(F)C(F)(F)C(F)(F)C(F)(F)C(F)(F)F. The fourth-order valence-electron chi connectivity index (χ4n) is 2.17. The summed E-state index contributed by atoms with van der Waals surface area (Å²) < 4.78 is 351. The quantitative estimate of drug-likeness (QED) is 0.191. The maximum absolute atomic E-state index is 13.5. The molecule has 0 unspecified atom stereocenters. The van der Waals surface area contributed by atoms with E-state index in [1.807, 2.05) is 0 Å². The third-order valence-electron chi connectivity index (χ3n) is 4.70. The topological polar surface area (TPSA) is 0 Å². The normalized spacial score (nSPS) is 17.3. The average molecular weight is 682 g/mol. The van der Waals surface area contributed by atoms with Crippen molar-refractivity contribution in [1.29, 1.82) is 0 Å². The van der Waals surface area contributed by atoms with E-state index in [4.69, 9.17) is 0 Å². The van der Waals surface area contributed by atoms with Crippen molar-refractivity contribution in [3.8, 4) is 0 Å². The predicted molar refractivity (Wildman–Crippen MR) is 70.8 cm³/mol. The fourth-order valence-corrected chi connectivity index (χ4v) is 2.17. The smallest absolute Gasteiger partial charge is 0.212 e. The highest BCUT2D eigenvalue weighted by Gasteiger charge is 2.99. The van der Waals surface area contributed by atoms with Crippen LogP contribution in [-0.2, 0) is 0 Å². The monoisotopic (exact) mass is 682 g/mol. The van der Waals surface area contributed by atoms with Gasteiger partial charge in [0.05, 0.1) is 0 Å². The molecule has 27 heteroatoms. The molecule has 0 aromatic heterocycles. The van der Waals surface area contributed by atoms with Crippen LogP contribution in [0.15, 0.2) is 12.2 Å². The van der Waals surface area contributed by atoms with E-state index in [9.17, 15) is 119 Å². The molecule has 0 rings (SSSR count). The van der Waals surface area contributed by atoms with Crippen molar-refractivity contribution in [2.75, 3.05) is 0 Å². The van der Waals surface area contributed by atoms with Crippen LogP contribution < -0.4 is 0 Å². The Morgan fingerprint density at radius 2 is 0.463 bits per heavy atom. The van der Waals surface area contributed by atoms with Gasteiger partial charge < -0.3 is 0 Å². The molecule has 41 heavy (non-hydrogen) atoms. The number of hydrogen-bond acceptors (Lipinski definition) is 0. The number of halogens is 27. The van der Waals surface area contributed by atoms with E-state index in [2.05, 4.69) is 0 Å². The Morgan fingerprint density at radius 3 is 0.634 bits per heavy atom. The van der Waals surface area contributed by atoms with Gasteiger partial charge in [-0.15, -0.1) is 0 Å². The van der Waals surface area contributed by atoms with Crippen LogP contribution >= 0.6 is 0 Å². The number of hydrogen-bond donors (Lipinski definition) is 0. The Labute approximate surface area is 203 Å². The highest BCUT2D eigenvalue weighted by molar-refractivity contribution is 5.22. The van der Waals surface area contributed by atoms with E-state index in [1.54, 1.807) is 0 Å². The molecule has 0 spiro atoms. The maximum atomic E-state index is 13.5. The first-order valence-corrected chi connectivity index (χ1v) is 8.42. The number of rotatable bonds is 11. The lowest BCUT2D eigenvalue weighted by Gasteiger charge is -2.45. The van der Waals surface area contributed by atoms with Gasteiger partial charge in [0, 0.05) is 0 Å². The third-order valence-corrected chi connectivity index (χ3v) is 4.70. The standard InChI is InChI=1S/C14HF27/c15-1-2(16)3(17,18)4(19,20)5(21,22)6(23,24)7(25,26)8(27,28)9(29,30)10(31,32)11(33,34)12(35,36)13(37,38)14(39,40)41/h1H. The first-order valence-electron chi connectivity index (χ1n) is 8.42. The molecule has 0 amide bonds. The summed E-state index contributed by atoms with van der Waals surface area (Å²) in [4.78, 5) is 0. The molecule has 0 heterocycles. The Hall–Kier alpha value is -2.15. The van der Waals surface area contributed by atoms with Gasteiger partial charge in [-0.3, -0.25) is 0 Å². The van der Waals surface area contributed by atoms with Gasteiger partial charge >= 0.3 is 71.3 Å². The summed E-state index contributed by atoms with van der Waals surface area (Å²) in [6.45, 7) is 0. The van der Waals surface area contributed by atoms with Gasteiger partial charge in [0.15, 0.2) is 0 Å². The van der Waals surface area contributed by atoms with Crippen molar-refractivity contribution in [1.82, 2.24) is 0 Å². The zero-order chi connectivity index (χ0) is 34.3. The lowest BCUT2D eigenvalue weighted by molar-refractivity contribution is -0.481. The van der Waals surface area contributed by atoms with E-state index in [1.165, 1.54) is 0 Å². The second-order valence-electron chi connectivity index (χ2n) is 7.27. The fraction of sp³-hybridized carbons (Fsp3) is 0.857. The van der Waals surface area contributed by atoms with Gasteiger partial charge in [-0.05, 0) is 0 Å². The Bertz CT molecular complexity index is 990. The maximum Gasteiger partial charge on any atom is 0.460 e. The average Bonchev–Trinajstić information content (AvgIpc) is 2.75. The molecule has 0 bridgehead atoms. The van der Waals surface area contributed by atoms with Crippen molar-refractivity contribution < 1.29 is 119 Å². The lowest BCUT2D eigenvalue weighted by atomic mass is 9.84. The summed E-state index contributed by atoms with van der Waals surface area (Å²) in [5.41, 5.74) is 0. The molecule has 0 nitrogen and oxygen atoms in total. The predicted octanol–water partition coefficient (Wildman–Crippen LogP) is 9.32. The minimum atomic E-state index is -9.72. The van der Waals surface area contributed by atoms with Crippen molar-refractivity contribution in [2.45, 2.75) is 71.3 Å². The Balaban J connectivity index is 7.40. The van der Waals surface area contributed by atoms with Crippen molar-refractivity contribution >= 4 is 0 Å². The van der Waals surface area contributed by atoms with E-state index in [0.29, 0.717) is 0 Å². The van der Waals surface area contributed by atoms with Gasteiger partial charge in [0.2, 0.25) is 5.83 Å². The van der Waals surface area contributed by atoms with Crippen molar-refractivity contribution in [3.63, 3.8) is 0 Å². The molecule has 0 aliphatic rings. The van der Waals surface area contributed by atoms with Crippen LogP contribution in [0, 0.1) is 0 Å².